The van der Waals surface area contributed by atoms with Crippen LogP contribution in [0.5, 0.6) is 0 Å². The fourth-order valence-electron chi connectivity index (χ4n) is 1.93. The lowest BCUT2D eigenvalue weighted by atomic mass is 9.66. The molecule has 1 atom stereocenters. The summed E-state index contributed by atoms with van der Waals surface area (Å²) in [5.74, 6) is 0.212. The van der Waals surface area contributed by atoms with Crippen molar-refractivity contribution in [2.45, 2.75) is 34.1 Å². The number of hydrogen-bond acceptors (Lipinski definition) is 4. The van der Waals surface area contributed by atoms with Gasteiger partial charge < -0.3 is 0 Å². The first-order valence-electron chi connectivity index (χ1n) is 6.71. The maximum Gasteiger partial charge on any atom is 0.255 e. The lowest BCUT2D eigenvalue weighted by Gasteiger charge is -2.38. The molecular weight excluding hydrogens is 307 g/mol. The zero-order valence-electron chi connectivity index (χ0n) is 12.6. The Kier molecular flexibility index (Phi) is 4.49. The zero-order chi connectivity index (χ0) is 15.7. The molecule has 6 heteroatoms. The first kappa shape index (κ1) is 16.1. The highest BCUT2D eigenvalue weighted by molar-refractivity contribution is 6.31. The molecule has 0 amide bonds. The molecule has 0 aromatic carbocycles. The molecule has 1 unspecified atom stereocenters. The third-order valence-electron chi connectivity index (χ3n) is 3.96. The van der Waals surface area contributed by atoms with Crippen molar-refractivity contribution in [3.8, 4) is 0 Å². The summed E-state index contributed by atoms with van der Waals surface area (Å²) in [6.07, 6.45) is 9.20. The summed E-state index contributed by atoms with van der Waals surface area (Å²) in [4.78, 5) is 16.0. The van der Waals surface area contributed by atoms with Gasteiger partial charge in [0, 0.05) is 0 Å². The van der Waals surface area contributed by atoms with Crippen LogP contribution in [0, 0.1) is 10.8 Å². The van der Waals surface area contributed by atoms with Crippen molar-refractivity contribution in [3.63, 3.8) is 0 Å². The summed E-state index contributed by atoms with van der Waals surface area (Å²) in [6, 6.07) is 0. The van der Waals surface area contributed by atoms with Gasteiger partial charge in [0.15, 0.2) is 0 Å². The van der Waals surface area contributed by atoms with Crippen LogP contribution in [0.4, 0.5) is 5.95 Å². The van der Waals surface area contributed by atoms with Gasteiger partial charge in [-0.25, -0.2) is 4.99 Å². The number of halogens is 2. The molecule has 0 bridgehead atoms. The second-order valence-corrected chi connectivity index (χ2v) is 6.99. The number of aliphatic imine (C=N–C) groups is 1. The van der Waals surface area contributed by atoms with Gasteiger partial charge in [0.2, 0.25) is 10.6 Å². The summed E-state index contributed by atoms with van der Waals surface area (Å²) in [5, 5.41) is 0.0749. The summed E-state index contributed by atoms with van der Waals surface area (Å²) in [6.45, 7) is 8.95. The first-order chi connectivity index (χ1) is 9.69. The molecule has 1 aromatic heterocycles. The molecule has 0 saturated heterocycles. The highest BCUT2D eigenvalue weighted by Crippen LogP contribution is 2.43. The number of rotatable bonds is 1. The fourth-order valence-corrected chi connectivity index (χ4v) is 2.28. The van der Waals surface area contributed by atoms with E-state index in [9.17, 15) is 0 Å². The average molecular weight is 325 g/mol. The third-order valence-corrected chi connectivity index (χ3v) is 4.30. The number of allylic oxidation sites excluding steroid dienone is 4. The van der Waals surface area contributed by atoms with E-state index in [2.05, 4.69) is 59.8 Å². The predicted molar refractivity (Wildman–Crippen MR) is 87.4 cm³/mol. The van der Waals surface area contributed by atoms with Crippen molar-refractivity contribution in [1.82, 2.24) is 15.0 Å². The van der Waals surface area contributed by atoms with E-state index >= 15 is 0 Å². The minimum Gasteiger partial charge on any atom is -0.212 e. The summed E-state index contributed by atoms with van der Waals surface area (Å²) >= 11 is 11.5. The Morgan fingerprint density at radius 2 is 1.71 bits per heavy atom. The van der Waals surface area contributed by atoms with Gasteiger partial charge in [0.25, 0.3) is 5.95 Å². The fraction of sp³-hybridized carbons (Fsp3) is 0.467. The van der Waals surface area contributed by atoms with Crippen LogP contribution in [0.2, 0.25) is 10.6 Å². The van der Waals surface area contributed by atoms with Crippen molar-refractivity contribution in [1.29, 1.82) is 0 Å². The van der Waals surface area contributed by atoms with Gasteiger partial charge in [-0.05, 0) is 52.6 Å². The molecule has 21 heavy (non-hydrogen) atoms. The van der Waals surface area contributed by atoms with Crippen LogP contribution in [0.15, 0.2) is 29.3 Å². The van der Waals surface area contributed by atoms with Crippen LogP contribution in [0.1, 0.15) is 34.1 Å². The van der Waals surface area contributed by atoms with Crippen molar-refractivity contribution in [2.24, 2.45) is 15.8 Å². The second kappa shape index (κ2) is 5.85. The van der Waals surface area contributed by atoms with Gasteiger partial charge in [0.05, 0.1) is 5.71 Å². The minimum atomic E-state index is 0.0375. The van der Waals surface area contributed by atoms with E-state index in [-0.39, 0.29) is 27.3 Å². The maximum absolute atomic E-state index is 5.75. The summed E-state index contributed by atoms with van der Waals surface area (Å²) in [7, 11) is 0. The summed E-state index contributed by atoms with van der Waals surface area (Å²) in [5.41, 5.74) is 0.986. The van der Waals surface area contributed by atoms with E-state index in [0.29, 0.717) is 0 Å². The van der Waals surface area contributed by atoms with E-state index in [1.54, 1.807) is 0 Å². The molecule has 1 aromatic rings. The Balaban J connectivity index is 2.34. The van der Waals surface area contributed by atoms with Gasteiger partial charge >= 0.3 is 0 Å². The van der Waals surface area contributed by atoms with Crippen LogP contribution in [-0.2, 0) is 0 Å². The SMILES string of the molecule is CC(C)(C)C1(C)C=CC(=Nc2nc(Cl)nc(Cl)n2)C=CC1. The molecule has 1 heterocycles. The molecular formula is C15H18Cl2N4. The molecule has 0 fully saturated rings. The van der Waals surface area contributed by atoms with Crippen LogP contribution in [0.25, 0.3) is 0 Å². The van der Waals surface area contributed by atoms with E-state index in [4.69, 9.17) is 23.2 Å². The average Bonchev–Trinajstić information content (AvgIpc) is 2.51. The standard InChI is InChI=1S/C15H18Cl2N4/c1-14(2,3)15(4)8-5-6-10(7-9-15)18-13-20-11(16)19-12(17)21-13/h5-7,9H,8H2,1-4H3. The van der Waals surface area contributed by atoms with Crippen molar-refractivity contribution in [2.75, 3.05) is 0 Å². The Bertz CT molecular complexity index is 609. The van der Waals surface area contributed by atoms with Crippen LogP contribution >= 0.6 is 23.2 Å². The molecule has 0 N–H and O–H groups in total. The molecule has 1 aliphatic carbocycles. The highest BCUT2D eigenvalue weighted by atomic mass is 35.5. The molecule has 2 rings (SSSR count). The minimum absolute atomic E-state index is 0.0375. The quantitative estimate of drug-likeness (QED) is 0.744. The Labute approximate surface area is 135 Å². The molecule has 0 radical (unpaired) electrons. The largest absolute Gasteiger partial charge is 0.255 e. The summed E-state index contributed by atoms with van der Waals surface area (Å²) < 4.78 is 0. The Morgan fingerprint density at radius 1 is 1.10 bits per heavy atom. The molecule has 1 aliphatic rings. The van der Waals surface area contributed by atoms with Crippen molar-refractivity contribution < 1.29 is 0 Å². The van der Waals surface area contributed by atoms with E-state index in [1.165, 1.54) is 0 Å². The zero-order valence-corrected chi connectivity index (χ0v) is 14.1. The molecule has 0 saturated carbocycles. The van der Waals surface area contributed by atoms with Gasteiger partial charge in [-0.3, -0.25) is 0 Å². The van der Waals surface area contributed by atoms with Crippen molar-refractivity contribution >= 4 is 34.9 Å². The first-order valence-corrected chi connectivity index (χ1v) is 7.47. The van der Waals surface area contributed by atoms with E-state index in [1.807, 2.05) is 12.2 Å². The monoisotopic (exact) mass is 324 g/mol. The highest BCUT2D eigenvalue weighted by Gasteiger charge is 2.34. The van der Waals surface area contributed by atoms with Crippen molar-refractivity contribution in [3.05, 3.63) is 34.9 Å². The third kappa shape index (κ3) is 3.89. The van der Waals surface area contributed by atoms with E-state index < -0.39 is 0 Å². The Morgan fingerprint density at radius 3 is 2.29 bits per heavy atom. The Hall–Kier alpha value is -1.26. The lowest BCUT2D eigenvalue weighted by Crippen LogP contribution is -2.30. The number of nitrogens with zero attached hydrogens (tertiary/aromatic N) is 4. The molecule has 0 aliphatic heterocycles. The number of aromatic nitrogens is 3. The van der Waals surface area contributed by atoms with Gasteiger partial charge in [0.1, 0.15) is 0 Å². The van der Waals surface area contributed by atoms with Gasteiger partial charge in [-0.15, -0.1) is 0 Å². The predicted octanol–water partition coefficient (Wildman–Crippen LogP) is 4.82. The van der Waals surface area contributed by atoms with Gasteiger partial charge in [-0.2, -0.15) is 15.0 Å². The topological polar surface area (TPSA) is 51.0 Å². The molecule has 4 nitrogen and oxygen atoms in total. The second-order valence-electron chi connectivity index (χ2n) is 6.32. The van der Waals surface area contributed by atoms with Crippen LogP contribution in [0.3, 0.4) is 0 Å². The number of hydrogen-bond donors (Lipinski definition) is 0. The van der Waals surface area contributed by atoms with E-state index in [0.717, 1.165) is 12.1 Å². The smallest absolute Gasteiger partial charge is 0.212 e. The maximum atomic E-state index is 5.75. The molecule has 112 valence electrons. The normalized spacial score (nSPS) is 24.4. The lowest BCUT2D eigenvalue weighted by molar-refractivity contribution is 0.172. The van der Waals surface area contributed by atoms with Crippen LogP contribution < -0.4 is 0 Å². The molecule has 0 spiro atoms. The van der Waals surface area contributed by atoms with Crippen LogP contribution in [-0.4, -0.2) is 20.7 Å². The van der Waals surface area contributed by atoms with Gasteiger partial charge in [-0.1, -0.05) is 39.8 Å².